The highest BCUT2D eigenvalue weighted by molar-refractivity contribution is 7.89. The van der Waals surface area contributed by atoms with Crippen molar-refractivity contribution in [2.75, 3.05) is 32.7 Å². The van der Waals surface area contributed by atoms with Crippen LogP contribution in [0.3, 0.4) is 0 Å². The second-order valence-electron chi connectivity index (χ2n) is 6.49. The maximum absolute atomic E-state index is 13.0. The summed E-state index contributed by atoms with van der Waals surface area (Å²) < 4.78 is 27.5. The van der Waals surface area contributed by atoms with Crippen molar-refractivity contribution in [3.05, 3.63) is 33.9 Å². The zero-order valence-electron chi connectivity index (χ0n) is 15.7. The molecule has 0 saturated heterocycles. The predicted octanol–water partition coefficient (Wildman–Crippen LogP) is 2.89. The van der Waals surface area contributed by atoms with Crippen molar-refractivity contribution >= 4 is 15.7 Å². The topological polar surface area (TPSA) is 83.8 Å². The van der Waals surface area contributed by atoms with Crippen molar-refractivity contribution in [2.24, 2.45) is 5.92 Å². The molecule has 0 unspecified atom stereocenters. The summed E-state index contributed by atoms with van der Waals surface area (Å²) in [6, 6.07) is 4.10. The number of nitro benzene ring substituents is 1. The maximum atomic E-state index is 13.0. The van der Waals surface area contributed by atoms with E-state index in [0.717, 1.165) is 19.2 Å². The number of benzene rings is 1. The summed E-state index contributed by atoms with van der Waals surface area (Å²) in [6.07, 6.45) is 0. The Morgan fingerprint density at radius 3 is 2.24 bits per heavy atom. The molecule has 0 aliphatic heterocycles. The number of sulfonamides is 1. The minimum Gasteiger partial charge on any atom is -0.303 e. The average molecular weight is 372 g/mol. The summed E-state index contributed by atoms with van der Waals surface area (Å²) in [5.74, 6) is 0.159. The first kappa shape index (κ1) is 21.5. The fraction of sp³-hybridized carbons (Fsp3) is 0.647. The minimum atomic E-state index is -3.78. The van der Waals surface area contributed by atoms with Crippen LogP contribution in [0.1, 0.15) is 33.3 Å². The Kier molecular flexibility index (Phi) is 7.98. The zero-order valence-corrected chi connectivity index (χ0v) is 16.5. The molecule has 0 radical (unpaired) electrons. The Balaban J connectivity index is 3.18. The van der Waals surface area contributed by atoms with Crippen molar-refractivity contribution in [3.8, 4) is 0 Å². The number of rotatable bonds is 10. The van der Waals surface area contributed by atoms with Gasteiger partial charge >= 0.3 is 0 Å². The fourth-order valence-electron chi connectivity index (χ4n) is 2.61. The van der Waals surface area contributed by atoms with E-state index < -0.39 is 14.9 Å². The van der Waals surface area contributed by atoms with Gasteiger partial charge in [-0.1, -0.05) is 33.8 Å². The van der Waals surface area contributed by atoms with Gasteiger partial charge in [-0.15, -0.1) is 0 Å². The molecule has 0 aliphatic rings. The second kappa shape index (κ2) is 9.26. The number of hydrogen-bond donors (Lipinski definition) is 0. The third-order valence-corrected chi connectivity index (χ3v) is 6.01. The molecule has 1 rings (SSSR count). The van der Waals surface area contributed by atoms with E-state index in [2.05, 4.69) is 4.90 Å². The molecule has 0 spiro atoms. The smallest absolute Gasteiger partial charge is 0.273 e. The van der Waals surface area contributed by atoms with Crippen molar-refractivity contribution < 1.29 is 13.3 Å². The molecule has 8 heteroatoms. The SMILES string of the molecule is CCN(CC)CCN(CC(C)C)S(=O)(=O)c1ccc(C)c([N+](=O)[O-])c1. The van der Waals surface area contributed by atoms with E-state index in [1.807, 2.05) is 27.7 Å². The van der Waals surface area contributed by atoms with Crippen LogP contribution < -0.4 is 0 Å². The number of aryl methyl sites for hydroxylation is 1. The van der Waals surface area contributed by atoms with Crippen molar-refractivity contribution in [1.29, 1.82) is 0 Å². The molecule has 1 aromatic rings. The summed E-state index contributed by atoms with van der Waals surface area (Å²) in [5, 5.41) is 11.1. The first-order chi connectivity index (χ1) is 11.6. The number of hydrogen-bond acceptors (Lipinski definition) is 5. The molecule has 0 amide bonds. The molecule has 0 heterocycles. The van der Waals surface area contributed by atoms with Crippen LogP contribution in [0.25, 0.3) is 0 Å². The van der Waals surface area contributed by atoms with Gasteiger partial charge in [0.05, 0.1) is 9.82 Å². The monoisotopic (exact) mass is 371 g/mol. The van der Waals surface area contributed by atoms with Gasteiger partial charge in [-0.25, -0.2) is 8.42 Å². The van der Waals surface area contributed by atoms with Crippen molar-refractivity contribution in [3.63, 3.8) is 0 Å². The van der Waals surface area contributed by atoms with E-state index in [1.54, 1.807) is 6.92 Å². The lowest BCUT2D eigenvalue weighted by Gasteiger charge is -2.27. The van der Waals surface area contributed by atoms with E-state index >= 15 is 0 Å². The van der Waals surface area contributed by atoms with E-state index in [0.29, 0.717) is 25.2 Å². The Morgan fingerprint density at radius 2 is 1.76 bits per heavy atom. The van der Waals surface area contributed by atoms with Crippen LogP contribution in [-0.2, 0) is 10.0 Å². The van der Waals surface area contributed by atoms with Crippen LogP contribution in [0, 0.1) is 23.0 Å². The Labute approximate surface area is 150 Å². The van der Waals surface area contributed by atoms with Gasteiger partial charge in [-0.05, 0) is 32.0 Å². The van der Waals surface area contributed by atoms with Crippen LogP contribution in [0.4, 0.5) is 5.69 Å². The van der Waals surface area contributed by atoms with E-state index in [-0.39, 0.29) is 16.5 Å². The molecule has 0 atom stereocenters. The lowest BCUT2D eigenvalue weighted by Crippen LogP contribution is -2.40. The molecule has 0 aliphatic carbocycles. The maximum Gasteiger partial charge on any atom is 0.273 e. The molecule has 25 heavy (non-hydrogen) atoms. The third kappa shape index (κ3) is 5.76. The summed E-state index contributed by atoms with van der Waals surface area (Å²) in [6.45, 7) is 12.7. The molecule has 0 N–H and O–H groups in total. The number of nitro groups is 1. The lowest BCUT2D eigenvalue weighted by molar-refractivity contribution is -0.385. The quantitative estimate of drug-likeness (QED) is 0.466. The molecular weight excluding hydrogens is 342 g/mol. The summed E-state index contributed by atoms with van der Waals surface area (Å²) in [7, 11) is -3.78. The van der Waals surface area contributed by atoms with Gasteiger partial charge in [0, 0.05) is 31.3 Å². The number of nitrogens with zero attached hydrogens (tertiary/aromatic N) is 3. The molecule has 1 aromatic carbocycles. The van der Waals surface area contributed by atoms with E-state index in [9.17, 15) is 18.5 Å². The highest BCUT2D eigenvalue weighted by Crippen LogP contribution is 2.25. The van der Waals surface area contributed by atoms with Crippen molar-refractivity contribution in [1.82, 2.24) is 9.21 Å². The van der Waals surface area contributed by atoms with Crippen LogP contribution in [0.2, 0.25) is 0 Å². The van der Waals surface area contributed by atoms with Gasteiger partial charge in [-0.2, -0.15) is 4.31 Å². The summed E-state index contributed by atoms with van der Waals surface area (Å²) >= 11 is 0. The third-order valence-electron chi connectivity index (χ3n) is 4.14. The van der Waals surface area contributed by atoms with Gasteiger partial charge in [0.15, 0.2) is 0 Å². The van der Waals surface area contributed by atoms with Crippen LogP contribution in [0.15, 0.2) is 23.1 Å². The highest BCUT2D eigenvalue weighted by Gasteiger charge is 2.27. The molecule has 0 saturated carbocycles. The first-order valence-electron chi connectivity index (χ1n) is 8.61. The zero-order chi connectivity index (χ0) is 19.2. The average Bonchev–Trinajstić information content (AvgIpc) is 2.54. The predicted molar refractivity (Wildman–Crippen MR) is 99.2 cm³/mol. The van der Waals surface area contributed by atoms with Gasteiger partial charge in [0.1, 0.15) is 0 Å². The molecule has 0 fully saturated rings. The van der Waals surface area contributed by atoms with Gasteiger partial charge < -0.3 is 4.90 Å². The standard InChI is InChI=1S/C17H29N3O4S/c1-6-18(7-2)10-11-19(13-14(3)4)25(23,24)16-9-8-15(5)17(12-16)20(21)22/h8-9,12,14H,6-7,10-11,13H2,1-5H3. The molecule has 142 valence electrons. The summed E-state index contributed by atoms with van der Waals surface area (Å²) in [5.41, 5.74) is 0.275. The van der Waals surface area contributed by atoms with E-state index in [4.69, 9.17) is 0 Å². The van der Waals surface area contributed by atoms with Crippen LogP contribution in [-0.4, -0.2) is 55.3 Å². The van der Waals surface area contributed by atoms with Gasteiger partial charge in [0.2, 0.25) is 10.0 Å². The van der Waals surface area contributed by atoms with Crippen LogP contribution in [0.5, 0.6) is 0 Å². The molecule has 0 bridgehead atoms. The second-order valence-corrected chi connectivity index (χ2v) is 8.43. The normalized spacial score (nSPS) is 12.3. The lowest BCUT2D eigenvalue weighted by atomic mass is 10.2. The van der Waals surface area contributed by atoms with Crippen LogP contribution >= 0.6 is 0 Å². The molecule has 7 nitrogen and oxygen atoms in total. The Hall–Kier alpha value is -1.51. The van der Waals surface area contributed by atoms with Gasteiger partial charge in [-0.3, -0.25) is 10.1 Å². The largest absolute Gasteiger partial charge is 0.303 e. The first-order valence-corrected chi connectivity index (χ1v) is 10.0. The highest BCUT2D eigenvalue weighted by atomic mass is 32.2. The van der Waals surface area contributed by atoms with Crippen molar-refractivity contribution in [2.45, 2.75) is 39.5 Å². The minimum absolute atomic E-state index is 0.0232. The molecule has 0 aromatic heterocycles. The Morgan fingerprint density at radius 1 is 1.16 bits per heavy atom. The summed E-state index contributed by atoms with van der Waals surface area (Å²) in [4.78, 5) is 12.7. The Bertz CT molecular complexity index is 685. The fourth-order valence-corrected chi connectivity index (χ4v) is 4.22. The number of likely N-dealkylation sites (N-methyl/N-ethyl adjacent to an activating group) is 1. The van der Waals surface area contributed by atoms with Gasteiger partial charge in [0.25, 0.3) is 5.69 Å². The van der Waals surface area contributed by atoms with E-state index in [1.165, 1.54) is 16.4 Å². The molecular formula is C17H29N3O4S.